The summed E-state index contributed by atoms with van der Waals surface area (Å²) in [6.07, 6.45) is 14.3. The minimum Gasteiger partial charge on any atom is -0.242 e. The van der Waals surface area contributed by atoms with Gasteiger partial charge in [-0.2, -0.15) is 0 Å². The van der Waals surface area contributed by atoms with Crippen molar-refractivity contribution in [3.8, 4) is 0 Å². The largest absolute Gasteiger partial charge is 0.242 e. The molecule has 214 valence electrons. The first-order valence-corrected chi connectivity index (χ1v) is 18.3. The van der Waals surface area contributed by atoms with Crippen molar-refractivity contribution >= 4 is 27.6 Å². The molecule has 0 saturated heterocycles. The second kappa shape index (κ2) is 17.3. The summed E-state index contributed by atoms with van der Waals surface area (Å²) in [7, 11) is 0. The molecule has 0 spiro atoms. The zero-order valence-electron chi connectivity index (χ0n) is 24.6. The average molecular weight is 573 g/mol. The molecule has 3 aromatic carbocycles. The fourth-order valence-electron chi connectivity index (χ4n) is 5.50. The minimum absolute atomic E-state index is 0.492. The van der Waals surface area contributed by atoms with E-state index in [0.717, 1.165) is 21.2 Å². The molecule has 0 radical (unpaired) electrons. The van der Waals surface area contributed by atoms with Gasteiger partial charge in [-0.25, -0.2) is 4.39 Å². The third kappa shape index (κ3) is 9.23. The fourth-order valence-corrected chi connectivity index (χ4v) is 9.69. The summed E-state index contributed by atoms with van der Waals surface area (Å²) in [4.78, 5) is 0. The number of hydrogen-bond donors (Lipinski definition) is 0. The van der Waals surface area contributed by atoms with Gasteiger partial charge in [0, 0.05) is 6.42 Å². The molecule has 39 heavy (non-hydrogen) atoms. The monoisotopic (exact) mass is 572 g/mol. The van der Waals surface area contributed by atoms with Gasteiger partial charge in [0.05, 0.1) is 0 Å². The molecule has 0 aliphatic heterocycles. The van der Waals surface area contributed by atoms with Crippen LogP contribution in [0.1, 0.15) is 103 Å². The third-order valence-corrected chi connectivity index (χ3v) is 12.3. The molecule has 1 unspecified atom stereocenters. The summed E-state index contributed by atoms with van der Waals surface area (Å²) in [6, 6.07) is 16.6. The molecule has 1 aliphatic carbocycles. The molecule has 0 fully saturated rings. The first-order valence-electron chi connectivity index (χ1n) is 15.3. The summed E-state index contributed by atoms with van der Waals surface area (Å²) in [5, 5.41) is 4.81. The smallest absolute Gasteiger partial charge is 0.129 e. The SMILES string of the molecule is CCCCCCCCC[CH2][Ti]([O]CC)([O]CC)[O]CC.FC1CC=Cc2c1ccc1c2ccc2ccccc21. The fraction of sp³-hybridized carbons (Fsp3) is 0.529. The van der Waals surface area contributed by atoms with Gasteiger partial charge in [0.2, 0.25) is 0 Å². The molecule has 3 nitrogen and oxygen atoms in total. The summed E-state index contributed by atoms with van der Waals surface area (Å²) < 4.78 is 32.7. The predicted molar refractivity (Wildman–Crippen MR) is 161 cm³/mol. The van der Waals surface area contributed by atoms with Gasteiger partial charge in [0.25, 0.3) is 0 Å². The van der Waals surface area contributed by atoms with Crippen LogP contribution >= 0.6 is 0 Å². The third-order valence-electron chi connectivity index (χ3n) is 7.40. The summed E-state index contributed by atoms with van der Waals surface area (Å²) in [6.45, 7) is 10.5. The zero-order chi connectivity index (χ0) is 27.9. The maximum Gasteiger partial charge on any atom is 0.129 e. The van der Waals surface area contributed by atoms with Crippen LogP contribution in [0.15, 0.2) is 54.6 Å². The Morgan fingerprint density at radius 2 is 1.31 bits per heavy atom. The Morgan fingerprint density at radius 3 is 1.97 bits per heavy atom. The molecule has 3 aromatic rings. The van der Waals surface area contributed by atoms with Crippen molar-refractivity contribution < 1.29 is 32.1 Å². The van der Waals surface area contributed by atoms with Crippen LogP contribution in [0.2, 0.25) is 4.73 Å². The molecule has 0 aromatic heterocycles. The number of unbranched alkanes of at least 4 members (excludes halogenated alkanes) is 7. The molecule has 5 heteroatoms. The van der Waals surface area contributed by atoms with Crippen molar-refractivity contribution in [1.29, 1.82) is 0 Å². The van der Waals surface area contributed by atoms with E-state index in [9.17, 15) is 4.39 Å². The zero-order valence-corrected chi connectivity index (χ0v) is 26.2. The Kier molecular flexibility index (Phi) is 14.2. The van der Waals surface area contributed by atoms with Crippen LogP contribution in [-0.4, -0.2) is 19.8 Å². The number of benzene rings is 3. The molecule has 1 aliphatic rings. The maximum atomic E-state index is 14.0. The van der Waals surface area contributed by atoms with Gasteiger partial charge < -0.3 is 0 Å². The second-order valence-corrected chi connectivity index (χ2v) is 14.5. The van der Waals surface area contributed by atoms with Crippen molar-refractivity contribution in [2.24, 2.45) is 0 Å². The molecule has 0 amide bonds. The second-order valence-electron chi connectivity index (χ2n) is 10.3. The van der Waals surface area contributed by atoms with Crippen LogP contribution in [0.25, 0.3) is 27.6 Å². The summed E-state index contributed by atoms with van der Waals surface area (Å²) in [5.74, 6) is 0. The van der Waals surface area contributed by atoms with E-state index in [-0.39, 0.29) is 0 Å². The first kappa shape index (κ1) is 32.0. The van der Waals surface area contributed by atoms with Crippen LogP contribution in [0, 0.1) is 0 Å². The maximum absolute atomic E-state index is 14.0. The van der Waals surface area contributed by atoms with E-state index in [0.29, 0.717) is 26.2 Å². The number of allylic oxidation sites excluding steroid dienone is 1. The molecule has 0 saturated carbocycles. The topological polar surface area (TPSA) is 27.7 Å². The molecule has 0 bridgehead atoms. The van der Waals surface area contributed by atoms with E-state index in [4.69, 9.17) is 9.96 Å². The Hall–Kier alpha value is -1.56. The minimum atomic E-state index is -2.93. The van der Waals surface area contributed by atoms with Gasteiger partial charge in [-0.3, -0.25) is 0 Å². The van der Waals surface area contributed by atoms with Crippen molar-refractivity contribution in [2.75, 3.05) is 19.8 Å². The molecule has 4 rings (SSSR count). The molecule has 0 N–H and O–H groups in total. The first-order chi connectivity index (χ1) is 19.1. The van der Waals surface area contributed by atoms with Crippen molar-refractivity contribution in [3.05, 3.63) is 65.7 Å². The van der Waals surface area contributed by atoms with E-state index in [2.05, 4.69) is 49.4 Å². The van der Waals surface area contributed by atoms with Crippen LogP contribution in [0.5, 0.6) is 0 Å². The normalized spacial score (nSPS) is 14.8. The summed E-state index contributed by atoms with van der Waals surface area (Å²) in [5.41, 5.74) is 1.87. The number of fused-ring (bicyclic) bond motifs is 5. The van der Waals surface area contributed by atoms with Crippen LogP contribution in [0.4, 0.5) is 4.39 Å². The quantitative estimate of drug-likeness (QED) is 0.103. The van der Waals surface area contributed by atoms with E-state index < -0.39 is 23.9 Å². The van der Waals surface area contributed by atoms with Gasteiger partial charge in [-0.1, -0.05) is 60.7 Å². The Morgan fingerprint density at radius 1 is 0.692 bits per heavy atom. The molecular weight excluding hydrogens is 523 g/mol. The Bertz CT molecular complexity index is 1140. The van der Waals surface area contributed by atoms with Gasteiger partial charge in [-0.05, 0) is 32.7 Å². The van der Waals surface area contributed by atoms with Gasteiger partial charge in [0.15, 0.2) is 0 Å². The predicted octanol–water partition coefficient (Wildman–Crippen LogP) is 11.0. The summed E-state index contributed by atoms with van der Waals surface area (Å²) >= 11 is -2.93. The van der Waals surface area contributed by atoms with Crippen LogP contribution in [-0.2, 0) is 27.7 Å². The molecule has 1 atom stereocenters. The molecular formula is C34H49FO3Ti. The Labute approximate surface area is 240 Å². The van der Waals surface area contributed by atoms with Gasteiger partial charge in [-0.15, -0.1) is 0 Å². The van der Waals surface area contributed by atoms with E-state index in [1.54, 1.807) is 0 Å². The number of halogens is 1. The standard InChI is InChI=1S/C18H13F.C10H21.3C2H5O.Ti/c19-18-7-3-6-14-16-9-8-12-4-1-2-5-13(12)15(16)10-11-17(14)18;1-3-5-7-9-10-8-6-4-2;3*1-2-3;/h1-6,8-11,18H,7H2;1,3-10H2,2H3;3*2H2,1H3;/q;;3*-1;+3. The van der Waals surface area contributed by atoms with Crippen molar-refractivity contribution in [2.45, 2.75) is 96.4 Å². The molecule has 0 heterocycles. The van der Waals surface area contributed by atoms with E-state index in [1.165, 1.54) is 67.5 Å². The van der Waals surface area contributed by atoms with E-state index in [1.807, 2.05) is 39.0 Å². The van der Waals surface area contributed by atoms with Gasteiger partial charge >= 0.3 is 131 Å². The number of rotatable bonds is 15. The van der Waals surface area contributed by atoms with Crippen LogP contribution < -0.4 is 0 Å². The number of alkyl halides is 1. The number of hydrogen-bond acceptors (Lipinski definition) is 3. The van der Waals surface area contributed by atoms with Crippen LogP contribution in [0.3, 0.4) is 0 Å². The Balaban J connectivity index is 0.000000215. The van der Waals surface area contributed by atoms with E-state index >= 15 is 0 Å². The van der Waals surface area contributed by atoms with Crippen molar-refractivity contribution in [1.82, 2.24) is 0 Å². The average Bonchev–Trinajstić information content (AvgIpc) is 2.95. The van der Waals surface area contributed by atoms with Crippen molar-refractivity contribution in [3.63, 3.8) is 0 Å². The van der Waals surface area contributed by atoms with Gasteiger partial charge in [0.1, 0.15) is 6.17 Å².